The Morgan fingerprint density at radius 1 is 0.870 bits per heavy atom. The molecule has 7 nitrogen and oxygen atoms in total. The lowest BCUT2D eigenvalue weighted by atomic mass is 9.92. The number of hydrogen-bond acceptors (Lipinski definition) is 5. The molecule has 5 aromatic rings. The summed E-state index contributed by atoms with van der Waals surface area (Å²) in [6, 6.07) is 31.5. The summed E-state index contributed by atoms with van der Waals surface area (Å²) in [5.41, 5.74) is 8.17. The molecule has 0 atom stereocenters. The highest BCUT2D eigenvalue weighted by Gasteiger charge is 2.31. The Morgan fingerprint density at radius 3 is 2.30 bits per heavy atom. The fraction of sp³-hybridized carbons (Fsp3) is 0.231. The summed E-state index contributed by atoms with van der Waals surface area (Å²) in [5, 5.41) is 4.86. The Kier molecular flexibility index (Phi) is 9.20. The molecule has 0 saturated carbocycles. The number of amides is 1. The van der Waals surface area contributed by atoms with Crippen molar-refractivity contribution in [3.63, 3.8) is 0 Å². The van der Waals surface area contributed by atoms with E-state index in [-0.39, 0.29) is 18.2 Å². The fourth-order valence-electron chi connectivity index (χ4n) is 6.16. The lowest BCUT2D eigenvalue weighted by Gasteiger charge is -2.29. The first kappa shape index (κ1) is 30.7. The van der Waals surface area contributed by atoms with Crippen LogP contribution < -0.4 is 0 Å². The van der Waals surface area contributed by atoms with Crippen molar-refractivity contribution in [3.05, 3.63) is 131 Å². The molecule has 0 radical (unpaired) electrons. The average Bonchev–Trinajstić information content (AvgIpc) is 3.49. The van der Waals surface area contributed by atoms with Crippen molar-refractivity contribution in [1.82, 2.24) is 14.7 Å². The molecule has 46 heavy (non-hydrogen) atoms. The molecule has 1 amide bonds. The predicted molar refractivity (Wildman–Crippen MR) is 179 cm³/mol. The van der Waals surface area contributed by atoms with E-state index < -0.39 is 5.97 Å². The number of hydrogen-bond donors (Lipinski definition) is 0. The summed E-state index contributed by atoms with van der Waals surface area (Å²) in [6.45, 7) is 5.09. The number of carbonyl (C=O) groups excluding carboxylic acids is 3. The normalized spacial score (nSPS) is 12.4. The van der Waals surface area contributed by atoms with Crippen LogP contribution in [0.3, 0.4) is 0 Å². The minimum atomic E-state index is -0.556. The van der Waals surface area contributed by atoms with E-state index in [9.17, 15) is 14.4 Å². The van der Waals surface area contributed by atoms with Gasteiger partial charge in [-0.3, -0.25) is 9.59 Å². The van der Waals surface area contributed by atoms with E-state index in [0.29, 0.717) is 41.8 Å². The van der Waals surface area contributed by atoms with Crippen LogP contribution in [0, 0.1) is 0 Å². The maximum atomic E-state index is 14.3. The van der Waals surface area contributed by atoms with E-state index >= 15 is 0 Å². The molecule has 6 rings (SSSR count). The predicted octanol–water partition coefficient (Wildman–Crippen LogP) is 7.74. The highest BCUT2D eigenvalue weighted by Crippen LogP contribution is 2.36. The number of fused-ring (bicyclic) bond motifs is 1. The molecule has 0 fully saturated rings. The summed E-state index contributed by atoms with van der Waals surface area (Å²) >= 11 is 0. The highest BCUT2D eigenvalue weighted by atomic mass is 16.5. The first-order valence-electron chi connectivity index (χ1n) is 15.9. The molecule has 0 bridgehead atoms. The quantitative estimate of drug-likeness (QED) is 0.119. The first-order valence-corrected chi connectivity index (χ1v) is 15.9. The van der Waals surface area contributed by atoms with Crippen molar-refractivity contribution in [1.29, 1.82) is 0 Å². The van der Waals surface area contributed by atoms with Gasteiger partial charge in [0.05, 0.1) is 18.0 Å². The number of nitrogens with zero attached hydrogens (tertiary/aromatic N) is 3. The number of aromatic nitrogens is 2. The average molecular weight is 612 g/mol. The van der Waals surface area contributed by atoms with Gasteiger partial charge in [-0.25, -0.2) is 9.48 Å². The second-order valence-electron chi connectivity index (χ2n) is 11.5. The van der Waals surface area contributed by atoms with E-state index in [0.717, 1.165) is 53.6 Å². The summed E-state index contributed by atoms with van der Waals surface area (Å²) in [7, 11) is 0. The van der Waals surface area contributed by atoms with Crippen molar-refractivity contribution < 1.29 is 19.1 Å². The van der Waals surface area contributed by atoms with Crippen LogP contribution in [0.5, 0.6) is 0 Å². The number of rotatable bonds is 10. The van der Waals surface area contributed by atoms with Gasteiger partial charge in [0, 0.05) is 29.8 Å². The van der Waals surface area contributed by atoms with Gasteiger partial charge in [-0.2, -0.15) is 5.10 Å². The second-order valence-corrected chi connectivity index (χ2v) is 11.5. The van der Waals surface area contributed by atoms with Gasteiger partial charge in [-0.05, 0) is 72.2 Å². The molecule has 0 N–H and O–H groups in total. The van der Waals surface area contributed by atoms with Gasteiger partial charge in [-0.1, -0.05) is 92.2 Å². The zero-order valence-electron chi connectivity index (χ0n) is 26.2. The van der Waals surface area contributed by atoms with Crippen LogP contribution in [0.15, 0.2) is 97.1 Å². The number of aldehydes is 1. The molecule has 4 aromatic carbocycles. The number of unbranched alkanes of at least 4 members (excludes halogenated alkanes) is 1. The van der Waals surface area contributed by atoms with Gasteiger partial charge in [0.25, 0.3) is 5.91 Å². The van der Waals surface area contributed by atoms with Crippen LogP contribution in [0.25, 0.3) is 27.9 Å². The van der Waals surface area contributed by atoms with E-state index in [1.54, 1.807) is 25.1 Å². The highest BCUT2D eigenvalue weighted by molar-refractivity contribution is 6.06. The van der Waals surface area contributed by atoms with E-state index in [2.05, 4.69) is 25.1 Å². The molecule has 0 aliphatic carbocycles. The van der Waals surface area contributed by atoms with Gasteiger partial charge in [0.2, 0.25) is 0 Å². The molecule has 0 spiro atoms. The Labute approximate surface area is 269 Å². The van der Waals surface area contributed by atoms with Crippen molar-refractivity contribution >= 4 is 18.2 Å². The number of ether oxygens (including phenoxy) is 1. The van der Waals surface area contributed by atoms with Gasteiger partial charge < -0.3 is 9.64 Å². The van der Waals surface area contributed by atoms with Crippen molar-refractivity contribution in [2.75, 3.05) is 13.2 Å². The third-order valence-corrected chi connectivity index (χ3v) is 8.53. The maximum Gasteiger partial charge on any atom is 0.359 e. The minimum Gasteiger partial charge on any atom is -0.461 e. The molecule has 0 unspecified atom stereocenters. The lowest BCUT2D eigenvalue weighted by Crippen LogP contribution is -2.36. The zero-order chi connectivity index (χ0) is 32.0. The van der Waals surface area contributed by atoms with Crippen molar-refractivity contribution in [3.8, 4) is 27.9 Å². The Morgan fingerprint density at radius 2 is 1.59 bits per heavy atom. The SMILES string of the molecule is CCCCc1c(-c2ccc(C=O)cc2C(=O)N2CCc3ccccc3C2)c(C(=O)OCC)nn1-c1ccc(-c2ccccc2)cc1. The molecular formula is C39H37N3O4. The Bertz CT molecular complexity index is 1880. The first-order chi connectivity index (χ1) is 22.5. The van der Waals surface area contributed by atoms with Crippen molar-refractivity contribution in [2.45, 2.75) is 46.1 Å². The molecule has 1 aliphatic heterocycles. The van der Waals surface area contributed by atoms with Crippen LogP contribution >= 0.6 is 0 Å². The molecule has 0 saturated heterocycles. The summed E-state index contributed by atoms with van der Waals surface area (Å²) in [6.07, 6.45) is 3.89. The Balaban J connectivity index is 1.50. The lowest BCUT2D eigenvalue weighted by molar-refractivity contribution is 0.0519. The van der Waals surface area contributed by atoms with Crippen LogP contribution in [-0.4, -0.2) is 46.0 Å². The molecule has 232 valence electrons. The Hall–Kier alpha value is -5.30. The van der Waals surface area contributed by atoms with Crippen LogP contribution in [0.4, 0.5) is 0 Å². The molecule has 2 heterocycles. The largest absolute Gasteiger partial charge is 0.461 e. The summed E-state index contributed by atoms with van der Waals surface area (Å²) < 4.78 is 7.32. The third-order valence-electron chi connectivity index (χ3n) is 8.53. The standard InChI is InChI=1S/C39H37N3O4/c1-3-5-15-35-36(33-21-16-27(26-43)24-34(33)38(44)41-23-22-29-13-9-10-14-31(29)25-41)37(39(45)46-4-2)40-42(35)32-19-17-30(18-20-32)28-11-7-6-8-12-28/h6-14,16-21,24,26H,3-5,15,22-23,25H2,1-2H3. The van der Waals surface area contributed by atoms with Gasteiger partial charge in [0.1, 0.15) is 6.29 Å². The van der Waals surface area contributed by atoms with E-state index in [1.165, 1.54) is 5.56 Å². The number of esters is 1. The van der Waals surface area contributed by atoms with Crippen molar-refractivity contribution in [2.24, 2.45) is 0 Å². The monoisotopic (exact) mass is 611 g/mol. The van der Waals surface area contributed by atoms with Gasteiger partial charge in [-0.15, -0.1) is 0 Å². The smallest absolute Gasteiger partial charge is 0.359 e. The molecular weight excluding hydrogens is 574 g/mol. The molecule has 1 aliphatic rings. The zero-order valence-corrected chi connectivity index (χ0v) is 26.2. The summed E-state index contributed by atoms with van der Waals surface area (Å²) in [4.78, 5) is 41.6. The van der Waals surface area contributed by atoms with Crippen LogP contribution in [-0.2, 0) is 24.1 Å². The fourth-order valence-corrected chi connectivity index (χ4v) is 6.16. The van der Waals surface area contributed by atoms with Gasteiger partial charge >= 0.3 is 5.97 Å². The van der Waals surface area contributed by atoms with E-state index in [1.807, 2.05) is 70.2 Å². The number of benzene rings is 4. The summed E-state index contributed by atoms with van der Waals surface area (Å²) in [5.74, 6) is -0.746. The molecule has 1 aromatic heterocycles. The minimum absolute atomic E-state index is 0.150. The number of carbonyl (C=O) groups is 3. The van der Waals surface area contributed by atoms with E-state index in [4.69, 9.17) is 9.84 Å². The molecule has 7 heteroatoms. The maximum absolute atomic E-state index is 14.3. The second kappa shape index (κ2) is 13.8. The third kappa shape index (κ3) is 6.13. The van der Waals surface area contributed by atoms with Gasteiger partial charge in [0.15, 0.2) is 5.69 Å². The van der Waals surface area contributed by atoms with Crippen LogP contribution in [0.1, 0.15) is 74.7 Å². The van der Waals surface area contributed by atoms with Crippen LogP contribution in [0.2, 0.25) is 0 Å². The topological polar surface area (TPSA) is 81.5 Å².